The summed E-state index contributed by atoms with van der Waals surface area (Å²) in [4.78, 5) is 30.0. The second-order valence-electron chi connectivity index (χ2n) is 7.01. The summed E-state index contributed by atoms with van der Waals surface area (Å²) in [6.45, 7) is 1.77. The fourth-order valence-corrected chi connectivity index (χ4v) is 3.74. The molecule has 0 aliphatic carbocycles. The average molecular weight is 436 g/mol. The van der Waals surface area contributed by atoms with Gasteiger partial charge in [0.2, 0.25) is 0 Å². The molecule has 0 saturated carbocycles. The number of hydrogen-bond donors (Lipinski definition) is 1. The summed E-state index contributed by atoms with van der Waals surface area (Å²) in [5, 5.41) is 3.26. The largest absolute Gasteiger partial charge is 0.492 e. The van der Waals surface area contributed by atoms with Crippen LogP contribution in [0.5, 0.6) is 11.5 Å². The van der Waals surface area contributed by atoms with E-state index in [4.69, 9.17) is 32.7 Å². The van der Waals surface area contributed by atoms with Crippen molar-refractivity contribution >= 4 is 40.7 Å². The molecule has 2 amide bonds. The molecule has 4 rings (SSSR count). The number of halogens is 2. The molecule has 2 aliphatic rings. The number of piperidine rings is 1. The van der Waals surface area contributed by atoms with Crippen molar-refractivity contribution in [3.63, 3.8) is 0 Å². The topological polar surface area (TPSA) is 80.8 Å². The highest BCUT2D eigenvalue weighted by molar-refractivity contribution is 6.42. The molecule has 2 aromatic rings. The molecule has 29 heavy (non-hydrogen) atoms. The number of aromatic nitrogens is 1. The van der Waals surface area contributed by atoms with E-state index in [0.717, 1.165) is 12.8 Å². The first-order valence-electron chi connectivity index (χ1n) is 9.30. The van der Waals surface area contributed by atoms with Crippen molar-refractivity contribution in [3.05, 3.63) is 46.2 Å². The molecule has 2 aliphatic heterocycles. The molecule has 1 N–H and O–H groups in total. The van der Waals surface area contributed by atoms with Crippen LogP contribution in [0.4, 0.5) is 5.69 Å². The molecule has 1 fully saturated rings. The lowest BCUT2D eigenvalue weighted by Gasteiger charge is -2.32. The van der Waals surface area contributed by atoms with Gasteiger partial charge in [-0.05, 0) is 37.0 Å². The van der Waals surface area contributed by atoms with Crippen molar-refractivity contribution in [1.82, 2.24) is 9.88 Å². The second kappa shape index (κ2) is 8.47. The Morgan fingerprint density at radius 1 is 1.28 bits per heavy atom. The smallest absolute Gasteiger partial charge is 0.262 e. The third-order valence-corrected chi connectivity index (χ3v) is 5.80. The highest BCUT2D eigenvalue weighted by Crippen LogP contribution is 2.31. The van der Waals surface area contributed by atoms with Gasteiger partial charge in [0, 0.05) is 30.9 Å². The van der Waals surface area contributed by atoms with Crippen LogP contribution in [0.1, 0.15) is 23.2 Å². The van der Waals surface area contributed by atoms with E-state index >= 15 is 0 Å². The number of hydrogen-bond acceptors (Lipinski definition) is 5. The monoisotopic (exact) mass is 435 g/mol. The van der Waals surface area contributed by atoms with Crippen molar-refractivity contribution in [2.45, 2.75) is 12.8 Å². The maximum atomic E-state index is 12.8. The van der Waals surface area contributed by atoms with Crippen LogP contribution in [0.15, 0.2) is 30.5 Å². The van der Waals surface area contributed by atoms with Crippen LogP contribution in [-0.2, 0) is 4.79 Å². The van der Waals surface area contributed by atoms with Gasteiger partial charge in [-0.25, -0.2) is 4.98 Å². The summed E-state index contributed by atoms with van der Waals surface area (Å²) in [5.41, 5.74) is 1.06. The van der Waals surface area contributed by atoms with E-state index < -0.39 is 0 Å². The molecule has 152 valence electrons. The third kappa shape index (κ3) is 4.41. The number of pyridine rings is 1. The highest BCUT2D eigenvalue weighted by Gasteiger charge is 2.26. The minimum absolute atomic E-state index is 0.00715. The second-order valence-corrected chi connectivity index (χ2v) is 7.74. The molecular formula is C20H19Cl2N3O4. The molecule has 9 heteroatoms. The zero-order chi connectivity index (χ0) is 20.4. The Bertz CT molecular complexity index is 945. The van der Waals surface area contributed by atoms with Crippen LogP contribution < -0.4 is 14.8 Å². The van der Waals surface area contributed by atoms with E-state index in [1.807, 2.05) is 4.90 Å². The molecule has 0 spiro atoms. The number of nitrogens with one attached hydrogen (secondary N) is 1. The molecule has 3 heterocycles. The molecule has 1 saturated heterocycles. The van der Waals surface area contributed by atoms with Crippen LogP contribution in [0.3, 0.4) is 0 Å². The fourth-order valence-electron chi connectivity index (χ4n) is 3.42. The van der Waals surface area contributed by atoms with Crippen molar-refractivity contribution in [3.8, 4) is 11.5 Å². The molecule has 0 atom stereocenters. The van der Waals surface area contributed by atoms with E-state index in [1.165, 1.54) is 0 Å². The molecular weight excluding hydrogens is 417 g/mol. The number of likely N-dealkylation sites (tertiary alicyclic amines) is 1. The van der Waals surface area contributed by atoms with Gasteiger partial charge in [0.25, 0.3) is 11.8 Å². The summed E-state index contributed by atoms with van der Waals surface area (Å²) >= 11 is 12.0. The van der Waals surface area contributed by atoms with Crippen LogP contribution in [0.2, 0.25) is 10.2 Å². The Labute approximate surface area is 177 Å². The minimum Gasteiger partial charge on any atom is -0.492 e. The lowest BCUT2D eigenvalue weighted by molar-refractivity contribution is -0.118. The zero-order valence-corrected chi connectivity index (χ0v) is 17.0. The zero-order valence-electron chi connectivity index (χ0n) is 15.5. The van der Waals surface area contributed by atoms with E-state index in [2.05, 4.69) is 10.3 Å². The summed E-state index contributed by atoms with van der Waals surface area (Å²) in [7, 11) is 0. The van der Waals surface area contributed by atoms with E-state index in [0.29, 0.717) is 53.4 Å². The molecule has 0 unspecified atom stereocenters. The maximum Gasteiger partial charge on any atom is 0.262 e. The first-order chi connectivity index (χ1) is 14.0. The van der Waals surface area contributed by atoms with E-state index in [9.17, 15) is 9.59 Å². The van der Waals surface area contributed by atoms with Gasteiger partial charge in [0.1, 0.15) is 16.5 Å². The summed E-state index contributed by atoms with van der Waals surface area (Å²) in [6, 6.07) is 6.79. The molecule has 7 nitrogen and oxygen atoms in total. The molecule has 0 radical (unpaired) electrons. The summed E-state index contributed by atoms with van der Waals surface area (Å²) in [5.74, 6) is 1.13. The van der Waals surface area contributed by atoms with Gasteiger partial charge >= 0.3 is 0 Å². The number of carbonyl (C=O) groups is 2. The quantitative estimate of drug-likeness (QED) is 0.741. The minimum atomic E-state index is -0.224. The number of amides is 2. The van der Waals surface area contributed by atoms with Gasteiger partial charge in [0.05, 0.1) is 12.3 Å². The Kier molecular flexibility index (Phi) is 5.78. The first-order valence-corrected chi connectivity index (χ1v) is 10.1. The Morgan fingerprint density at radius 2 is 2.07 bits per heavy atom. The predicted octanol–water partition coefficient (Wildman–Crippen LogP) is 3.65. The van der Waals surface area contributed by atoms with Crippen molar-refractivity contribution in [1.29, 1.82) is 0 Å². The van der Waals surface area contributed by atoms with Crippen LogP contribution in [0.25, 0.3) is 0 Å². The normalized spacial score (nSPS) is 16.6. The van der Waals surface area contributed by atoms with Gasteiger partial charge in [-0.2, -0.15) is 0 Å². The number of carbonyl (C=O) groups excluding carboxylic acids is 2. The molecule has 0 bridgehead atoms. The lowest BCUT2D eigenvalue weighted by Crippen LogP contribution is -2.39. The van der Waals surface area contributed by atoms with Crippen molar-refractivity contribution in [2.24, 2.45) is 5.92 Å². The predicted molar refractivity (Wildman–Crippen MR) is 109 cm³/mol. The van der Waals surface area contributed by atoms with E-state index in [-0.39, 0.29) is 23.6 Å². The highest BCUT2D eigenvalue weighted by atomic mass is 35.5. The van der Waals surface area contributed by atoms with Gasteiger partial charge < -0.3 is 19.7 Å². The van der Waals surface area contributed by atoms with E-state index in [1.54, 1.807) is 30.5 Å². The third-order valence-electron chi connectivity index (χ3n) is 5.05. The SMILES string of the molecule is O=C1COc2ccc(C(=O)N3CCC(COc4ccnc(Cl)c4Cl)CC3)cc2N1. The van der Waals surface area contributed by atoms with Crippen LogP contribution >= 0.6 is 23.2 Å². The van der Waals surface area contributed by atoms with Crippen LogP contribution in [0, 0.1) is 5.92 Å². The summed E-state index contributed by atoms with van der Waals surface area (Å²) in [6.07, 6.45) is 3.21. The van der Waals surface area contributed by atoms with Crippen LogP contribution in [-0.4, -0.2) is 48.0 Å². The Balaban J connectivity index is 1.32. The van der Waals surface area contributed by atoms with Gasteiger partial charge in [-0.1, -0.05) is 23.2 Å². The molecule has 1 aromatic heterocycles. The summed E-state index contributed by atoms with van der Waals surface area (Å²) < 4.78 is 11.1. The number of fused-ring (bicyclic) bond motifs is 1. The average Bonchev–Trinajstić information content (AvgIpc) is 2.74. The van der Waals surface area contributed by atoms with Crippen molar-refractivity contribution in [2.75, 3.05) is 31.6 Å². The van der Waals surface area contributed by atoms with Gasteiger partial charge in [0.15, 0.2) is 11.8 Å². The number of ether oxygens (including phenoxy) is 2. The molecule has 1 aromatic carbocycles. The van der Waals surface area contributed by atoms with Gasteiger partial charge in [-0.15, -0.1) is 0 Å². The number of rotatable bonds is 4. The maximum absolute atomic E-state index is 12.8. The van der Waals surface area contributed by atoms with Gasteiger partial charge in [-0.3, -0.25) is 9.59 Å². The standard InChI is InChI=1S/C20H19Cl2N3O4/c21-18-16(3-6-23-19(18)22)28-10-12-4-7-25(8-5-12)20(27)13-1-2-15-14(9-13)24-17(26)11-29-15/h1-3,6,9,12H,4-5,7-8,10-11H2,(H,24,26). The lowest BCUT2D eigenvalue weighted by atomic mass is 9.97. The Morgan fingerprint density at radius 3 is 2.86 bits per heavy atom. The fraction of sp³-hybridized carbons (Fsp3) is 0.350. The number of benzene rings is 1. The number of nitrogens with zero attached hydrogens (tertiary/aromatic N) is 2. The first kappa shape index (κ1) is 19.8. The number of anilines is 1. The Hall–Kier alpha value is -2.51. The van der Waals surface area contributed by atoms with Crippen molar-refractivity contribution < 1.29 is 19.1 Å².